The van der Waals surface area contributed by atoms with Crippen LogP contribution in [0.15, 0.2) is 53.4 Å². The fourth-order valence-corrected chi connectivity index (χ4v) is 5.56. The van der Waals surface area contributed by atoms with Gasteiger partial charge in [0.15, 0.2) is 0 Å². The Balaban J connectivity index is 1.80. The van der Waals surface area contributed by atoms with Crippen LogP contribution < -0.4 is 10.1 Å². The summed E-state index contributed by atoms with van der Waals surface area (Å²) in [5.74, 6) is -1.86. The summed E-state index contributed by atoms with van der Waals surface area (Å²) < 4.78 is 51.1. The molecular weight excluding hydrogens is 533 g/mol. The molecule has 2 amide bonds. The predicted octanol–water partition coefficient (Wildman–Crippen LogP) is 1.69. The molecule has 39 heavy (non-hydrogen) atoms. The van der Waals surface area contributed by atoms with E-state index in [1.807, 2.05) is 0 Å². The van der Waals surface area contributed by atoms with Crippen LogP contribution in [0.5, 0.6) is 5.75 Å². The molecule has 0 spiro atoms. The molecule has 11 nitrogen and oxygen atoms in total. The molecule has 0 aliphatic carbocycles. The number of hydrogen-bond donors (Lipinski definition) is 2. The zero-order valence-corrected chi connectivity index (χ0v) is 22.9. The Kier molecular flexibility index (Phi) is 9.64. The highest BCUT2D eigenvalue weighted by Crippen LogP contribution is 2.27. The van der Waals surface area contributed by atoms with E-state index in [1.165, 1.54) is 17.0 Å². The van der Waals surface area contributed by atoms with Crippen molar-refractivity contribution < 1.29 is 41.8 Å². The number of aliphatic hydroxyl groups excluding tert-OH is 1. The van der Waals surface area contributed by atoms with Gasteiger partial charge >= 0.3 is 12.1 Å². The molecule has 2 aromatic rings. The van der Waals surface area contributed by atoms with Gasteiger partial charge in [-0.1, -0.05) is 12.1 Å². The molecule has 13 heteroatoms. The monoisotopic (exact) mass is 565 g/mol. The van der Waals surface area contributed by atoms with Crippen LogP contribution in [0.25, 0.3) is 0 Å². The van der Waals surface area contributed by atoms with Gasteiger partial charge in [-0.25, -0.2) is 22.4 Å². The van der Waals surface area contributed by atoms with Crippen LogP contribution in [-0.4, -0.2) is 85.6 Å². The summed E-state index contributed by atoms with van der Waals surface area (Å²) >= 11 is 0. The molecular formula is C26H32FN3O8S. The number of carbonyl (C=O) groups is 3. The van der Waals surface area contributed by atoms with Gasteiger partial charge in [-0.15, -0.1) is 0 Å². The van der Waals surface area contributed by atoms with Crippen molar-refractivity contribution in [1.82, 2.24) is 14.5 Å². The van der Waals surface area contributed by atoms with E-state index in [0.717, 1.165) is 28.6 Å². The second kappa shape index (κ2) is 12.5. The van der Waals surface area contributed by atoms with Crippen molar-refractivity contribution in [3.05, 3.63) is 59.9 Å². The number of sulfonamides is 1. The summed E-state index contributed by atoms with van der Waals surface area (Å²) in [7, 11) is -1.17. The molecule has 1 saturated heterocycles. The largest absolute Gasteiger partial charge is 0.461 e. The number of benzene rings is 2. The first-order valence-electron chi connectivity index (χ1n) is 12.2. The number of amides is 2. The Morgan fingerprint density at radius 3 is 2.28 bits per heavy atom. The number of ether oxygens (including phenoxy) is 2. The van der Waals surface area contributed by atoms with Crippen LogP contribution in [0.4, 0.5) is 9.18 Å². The summed E-state index contributed by atoms with van der Waals surface area (Å²) in [5.41, 5.74) is 0.605. The quantitative estimate of drug-likeness (QED) is 0.438. The van der Waals surface area contributed by atoms with Crippen molar-refractivity contribution in [2.24, 2.45) is 0 Å². The maximum absolute atomic E-state index is 13.3. The van der Waals surface area contributed by atoms with Gasteiger partial charge in [0.05, 0.1) is 17.1 Å². The molecule has 0 unspecified atom stereocenters. The molecule has 0 bridgehead atoms. The number of esters is 1. The fraction of sp³-hybridized carbons (Fsp3) is 0.423. The van der Waals surface area contributed by atoms with Crippen LogP contribution in [-0.2, 0) is 30.8 Å². The second-order valence-electron chi connectivity index (χ2n) is 9.59. The highest BCUT2D eigenvalue weighted by atomic mass is 32.2. The van der Waals surface area contributed by atoms with E-state index in [4.69, 9.17) is 9.47 Å². The van der Waals surface area contributed by atoms with Crippen molar-refractivity contribution in [1.29, 1.82) is 0 Å². The Labute approximate surface area is 226 Å². The summed E-state index contributed by atoms with van der Waals surface area (Å²) in [5, 5.41) is 12.8. The van der Waals surface area contributed by atoms with Crippen LogP contribution in [0.1, 0.15) is 25.8 Å². The first kappa shape index (κ1) is 30.0. The van der Waals surface area contributed by atoms with Crippen LogP contribution in [0.2, 0.25) is 0 Å². The van der Waals surface area contributed by atoms with E-state index in [0.29, 0.717) is 5.56 Å². The highest BCUT2D eigenvalue weighted by molar-refractivity contribution is 7.89. The highest BCUT2D eigenvalue weighted by Gasteiger charge is 2.44. The molecule has 1 heterocycles. The Morgan fingerprint density at radius 2 is 1.72 bits per heavy atom. The van der Waals surface area contributed by atoms with E-state index in [2.05, 4.69) is 5.32 Å². The maximum atomic E-state index is 13.3. The molecule has 3 rings (SSSR count). The third kappa shape index (κ3) is 7.74. The number of rotatable bonds is 9. The van der Waals surface area contributed by atoms with Gasteiger partial charge in [-0.3, -0.25) is 4.79 Å². The Bertz CT molecular complexity index is 1280. The van der Waals surface area contributed by atoms with Crippen LogP contribution >= 0.6 is 0 Å². The summed E-state index contributed by atoms with van der Waals surface area (Å²) in [6, 6.07) is 7.94. The van der Waals surface area contributed by atoms with Crippen molar-refractivity contribution >= 4 is 28.0 Å². The van der Waals surface area contributed by atoms with E-state index in [1.54, 1.807) is 40.1 Å². The van der Waals surface area contributed by atoms with E-state index >= 15 is 0 Å². The summed E-state index contributed by atoms with van der Waals surface area (Å²) in [4.78, 5) is 39.0. The normalized spacial score (nSPS) is 18.4. The minimum Gasteiger partial charge on any atom is -0.461 e. The third-order valence-corrected chi connectivity index (χ3v) is 7.73. The summed E-state index contributed by atoms with van der Waals surface area (Å²) in [6.45, 7) is 2.95. The molecule has 2 N–H and O–H groups in total. The number of nitrogens with one attached hydrogen (secondary N) is 1. The SMILES string of the molecule is CC(C)OC(=O)[C@H](Cc1ccc(OC(=O)N(C)C)cc1)NC(=O)[C@@H]1C[C@@H](O)CN1S(=O)(=O)c1ccc(F)cc1. The molecule has 212 valence electrons. The average molecular weight is 566 g/mol. The van der Waals surface area contributed by atoms with Crippen LogP contribution in [0.3, 0.4) is 0 Å². The summed E-state index contributed by atoms with van der Waals surface area (Å²) in [6.07, 6.45) is -2.35. The number of carbonyl (C=O) groups excluding carboxylic acids is 3. The number of β-amino-alcohol motifs (C(OH)–C–C–N with tert-alkyl or cyclic N) is 1. The van der Waals surface area contributed by atoms with Gasteiger partial charge in [0.2, 0.25) is 15.9 Å². The average Bonchev–Trinajstić information content (AvgIpc) is 3.27. The van der Waals surface area contributed by atoms with E-state index < -0.39 is 58.1 Å². The minimum atomic E-state index is -4.25. The predicted molar refractivity (Wildman–Crippen MR) is 138 cm³/mol. The Morgan fingerprint density at radius 1 is 1.10 bits per heavy atom. The van der Waals surface area contributed by atoms with Crippen LogP contribution in [0, 0.1) is 5.82 Å². The second-order valence-corrected chi connectivity index (χ2v) is 11.5. The van der Waals surface area contributed by atoms with Crippen molar-refractivity contribution in [2.75, 3.05) is 20.6 Å². The van der Waals surface area contributed by atoms with Crippen molar-refractivity contribution in [2.45, 2.75) is 55.9 Å². The first-order chi connectivity index (χ1) is 18.3. The first-order valence-corrected chi connectivity index (χ1v) is 13.7. The molecule has 0 radical (unpaired) electrons. The van der Waals surface area contributed by atoms with Gasteiger partial charge in [-0.05, 0) is 55.8 Å². The lowest BCUT2D eigenvalue weighted by Crippen LogP contribution is -2.52. The number of aliphatic hydroxyl groups is 1. The lowest BCUT2D eigenvalue weighted by atomic mass is 10.0. The minimum absolute atomic E-state index is 0.000808. The zero-order valence-electron chi connectivity index (χ0n) is 22.0. The van der Waals surface area contributed by atoms with Gasteiger partial charge in [-0.2, -0.15) is 4.31 Å². The van der Waals surface area contributed by atoms with Gasteiger partial charge in [0, 0.05) is 33.5 Å². The molecule has 1 fully saturated rings. The lowest BCUT2D eigenvalue weighted by Gasteiger charge is -2.26. The lowest BCUT2D eigenvalue weighted by molar-refractivity contribution is -0.151. The van der Waals surface area contributed by atoms with Crippen molar-refractivity contribution in [3.63, 3.8) is 0 Å². The smallest absolute Gasteiger partial charge is 0.414 e. The zero-order chi connectivity index (χ0) is 28.9. The molecule has 0 aromatic heterocycles. The third-order valence-electron chi connectivity index (χ3n) is 5.84. The molecule has 1 aliphatic rings. The van der Waals surface area contributed by atoms with Gasteiger partial charge in [0.1, 0.15) is 23.7 Å². The van der Waals surface area contributed by atoms with E-state index in [-0.39, 0.29) is 30.0 Å². The number of halogens is 1. The van der Waals surface area contributed by atoms with E-state index in [9.17, 15) is 32.3 Å². The van der Waals surface area contributed by atoms with Gasteiger partial charge < -0.3 is 24.8 Å². The Hall–Kier alpha value is -3.55. The fourth-order valence-electron chi connectivity index (χ4n) is 3.93. The number of nitrogens with zero attached hydrogens (tertiary/aromatic N) is 2. The standard InChI is InChI=1S/C26H32FN3O8S/c1-16(2)37-25(33)22(13-17-5-9-20(10-6-17)38-26(34)29(3)4)28-24(32)23-14-19(31)15-30(23)39(35,36)21-11-7-18(27)8-12-21/h5-12,16,19,22-23,31H,13-15H2,1-4H3,(H,28,32)/t19-,22+,23+/m1/s1. The van der Waals surface area contributed by atoms with Gasteiger partial charge in [0.25, 0.3) is 0 Å². The molecule has 1 aliphatic heterocycles. The topological polar surface area (TPSA) is 143 Å². The molecule has 0 saturated carbocycles. The molecule has 2 aromatic carbocycles. The number of hydrogen-bond acceptors (Lipinski definition) is 8. The maximum Gasteiger partial charge on any atom is 0.414 e. The molecule has 3 atom stereocenters. The van der Waals surface area contributed by atoms with Crippen molar-refractivity contribution in [3.8, 4) is 5.75 Å².